The standard InChI is InChI=1S/C17H18N4O2S/c1-2-12-4-3-5-14-15(12)19-17(24-14)21-10-8-20(9-11-21)16(22)13-6-7-18-23-13/h3-7H,2,8-11H2,1H3. The highest BCUT2D eigenvalue weighted by Crippen LogP contribution is 2.31. The molecule has 0 spiro atoms. The maximum Gasteiger partial charge on any atom is 0.292 e. The summed E-state index contributed by atoms with van der Waals surface area (Å²) in [7, 11) is 0. The molecule has 1 amide bonds. The van der Waals surface area contributed by atoms with E-state index < -0.39 is 0 Å². The van der Waals surface area contributed by atoms with E-state index in [2.05, 4.69) is 35.2 Å². The Morgan fingerprint density at radius 3 is 2.79 bits per heavy atom. The summed E-state index contributed by atoms with van der Waals surface area (Å²) < 4.78 is 6.19. The number of aromatic nitrogens is 2. The van der Waals surface area contributed by atoms with Crippen LogP contribution in [0.1, 0.15) is 23.0 Å². The third kappa shape index (κ3) is 2.65. The van der Waals surface area contributed by atoms with Crippen LogP contribution in [0, 0.1) is 0 Å². The van der Waals surface area contributed by atoms with E-state index in [0.717, 1.165) is 30.2 Å². The number of hydrogen-bond donors (Lipinski definition) is 0. The predicted octanol–water partition coefficient (Wildman–Crippen LogP) is 2.81. The molecule has 0 atom stereocenters. The number of hydrogen-bond acceptors (Lipinski definition) is 6. The summed E-state index contributed by atoms with van der Waals surface area (Å²) in [5.74, 6) is 0.209. The van der Waals surface area contributed by atoms with Crippen molar-refractivity contribution in [3.05, 3.63) is 41.8 Å². The molecule has 1 aromatic carbocycles. The van der Waals surface area contributed by atoms with E-state index in [-0.39, 0.29) is 5.91 Å². The summed E-state index contributed by atoms with van der Waals surface area (Å²) in [5, 5.41) is 4.64. The van der Waals surface area contributed by atoms with E-state index in [0.29, 0.717) is 18.8 Å². The third-order valence-electron chi connectivity index (χ3n) is 4.36. The molecule has 0 unspecified atom stereocenters. The number of piperazine rings is 1. The highest BCUT2D eigenvalue weighted by Gasteiger charge is 2.25. The Morgan fingerprint density at radius 2 is 2.08 bits per heavy atom. The summed E-state index contributed by atoms with van der Waals surface area (Å²) >= 11 is 1.72. The quantitative estimate of drug-likeness (QED) is 0.732. The molecular weight excluding hydrogens is 324 g/mol. The van der Waals surface area contributed by atoms with Gasteiger partial charge in [-0.2, -0.15) is 0 Å². The zero-order valence-electron chi connectivity index (χ0n) is 13.4. The summed E-state index contributed by atoms with van der Waals surface area (Å²) in [4.78, 5) is 21.2. The summed E-state index contributed by atoms with van der Waals surface area (Å²) in [6, 6.07) is 7.96. The molecule has 1 aliphatic rings. The van der Waals surface area contributed by atoms with Crippen molar-refractivity contribution in [2.45, 2.75) is 13.3 Å². The number of rotatable bonds is 3. The number of carbonyl (C=O) groups excluding carboxylic acids is 1. The van der Waals surface area contributed by atoms with Crippen LogP contribution in [0.5, 0.6) is 0 Å². The van der Waals surface area contributed by atoms with E-state index in [4.69, 9.17) is 9.51 Å². The van der Waals surface area contributed by atoms with E-state index in [1.807, 2.05) is 4.90 Å². The number of carbonyl (C=O) groups is 1. The molecule has 3 aromatic rings. The number of fused-ring (bicyclic) bond motifs is 1. The minimum Gasteiger partial charge on any atom is -0.351 e. The molecule has 0 radical (unpaired) electrons. The van der Waals surface area contributed by atoms with Gasteiger partial charge in [0.05, 0.1) is 16.4 Å². The molecule has 4 rings (SSSR count). The van der Waals surface area contributed by atoms with Crippen molar-refractivity contribution in [3.63, 3.8) is 0 Å². The average molecular weight is 342 g/mol. The summed E-state index contributed by atoms with van der Waals surface area (Å²) in [5.41, 5.74) is 2.40. The Kier molecular flexibility index (Phi) is 3.93. The molecule has 7 heteroatoms. The highest BCUT2D eigenvalue weighted by atomic mass is 32.1. The van der Waals surface area contributed by atoms with Crippen molar-refractivity contribution in [2.75, 3.05) is 31.1 Å². The average Bonchev–Trinajstić information content (AvgIpc) is 3.30. The van der Waals surface area contributed by atoms with Crippen molar-refractivity contribution in [1.29, 1.82) is 0 Å². The molecule has 124 valence electrons. The molecule has 0 aliphatic carbocycles. The number of nitrogens with zero attached hydrogens (tertiary/aromatic N) is 4. The Balaban J connectivity index is 1.49. The first kappa shape index (κ1) is 15.1. The van der Waals surface area contributed by atoms with E-state index in [1.54, 1.807) is 17.4 Å². The first-order valence-corrected chi connectivity index (χ1v) is 8.91. The lowest BCUT2D eigenvalue weighted by Gasteiger charge is -2.33. The molecule has 6 nitrogen and oxygen atoms in total. The molecule has 0 bridgehead atoms. The summed E-state index contributed by atoms with van der Waals surface area (Å²) in [6.45, 7) is 5.04. The van der Waals surface area contributed by atoms with Crippen LogP contribution in [0.3, 0.4) is 0 Å². The molecule has 3 heterocycles. The molecule has 1 aliphatic heterocycles. The van der Waals surface area contributed by atoms with Crippen molar-refractivity contribution >= 4 is 32.6 Å². The fourth-order valence-electron chi connectivity index (χ4n) is 3.00. The first-order chi connectivity index (χ1) is 11.8. The maximum atomic E-state index is 12.3. The number of amides is 1. The molecule has 24 heavy (non-hydrogen) atoms. The second-order valence-electron chi connectivity index (χ2n) is 5.77. The largest absolute Gasteiger partial charge is 0.351 e. The SMILES string of the molecule is CCc1cccc2sc(N3CCN(C(=O)c4ccno4)CC3)nc12. The van der Waals surface area contributed by atoms with Crippen molar-refractivity contribution in [2.24, 2.45) is 0 Å². The monoisotopic (exact) mass is 342 g/mol. The van der Waals surface area contributed by atoms with Gasteiger partial charge in [0.1, 0.15) is 0 Å². The number of benzene rings is 1. The second kappa shape index (κ2) is 6.24. The van der Waals surface area contributed by atoms with Gasteiger partial charge in [-0.25, -0.2) is 4.98 Å². The lowest BCUT2D eigenvalue weighted by molar-refractivity contribution is 0.0705. The van der Waals surface area contributed by atoms with Crippen LogP contribution in [-0.4, -0.2) is 47.1 Å². The Hall–Kier alpha value is -2.41. The zero-order chi connectivity index (χ0) is 16.5. The Morgan fingerprint density at radius 1 is 1.25 bits per heavy atom. The van der Waals surface area contributed by atoms with E-state index in [1.165, 1.54) is 16.5 Å². The van der Waals surface area contributed by atoms with E-state index in [9.17, 15) is 4.79 Å². The van der Waals surface area contributed by atoms with Crippen LogP contribution in [0.15, 0.2) is 35.0 Å². The zero-order valence-corrected chi connectivity index (χ0v) is 14.3. The Bertz CT molecular complexity index is 851. The molecule has 2 aromatic heterocycles. The molecule has 0 saturated carbocycles. The molecule has 1 fully saturated rings. The highest BCUT2D eigenvalue weighted by molar-refractivity contribution is 7.22. The van der Waals surface area contributed by atoms with Crippen LogP contribution in [0.25, 0.3) is 10.2 Å². The number of thiazole rings is 1. The van der Waals surface area contributed by atoms with Crippen molar-refractivity contribution in [3.8, 4) is 0 Å². The predicted molar refractivity (Wildman–Crippen MR) is 93.6 cm³/mol. The Labute approximate surface area is 143 Å². The van der Waals surface area contributed by atoms with Gasteiger partial charge >= 0.3 is 0 Å². The van der Waals surface area contributed by atoms with Crippen LogP contribution >= 0.6 is 11.3 Å². The van der Waals surface area contributed by atoms with Gasteiger partial charge in [-0.1, -0.05) is 35.5 Å². The van der Waals surface area contributed by atoms with Gasteiger partial charge in [-0.05, 0) is 18.1 Å². The van der Waals surface area contributed by atoms with Crippen LogP contribution in [0.4, 0.5) is 5.13 Å². The molecule has 1 saturated heterocycles. The molecule has 0 N–H and O–H groups in total. The van der Waals surface area contributed by atoms with Crippen molar-refractivity contribution in [1.82, 2.24) is 15.0 Å². The van der Waals surface area contributed by atoms with Crippen molar-refractivity contribution < 1.29 is 9.32 Å². The second-order valence-corrected chi connectivity index (χ2v) is 6.78. The van der Waals surface area contributed by atoms with Gasteiger partial charge < -0.3 is 14.3 Å². The number of para-hydroxylation sites is 1. The van der Waals surface area contributed by atoms with Crippen LogP contribution < -0.4 is 4.90 Å². The minimum atomic E-state index is -0.0929. The lowest BCUT2D eigenvalue weighted by atomic mass is 10.1. The van der Waals surface area contributed by atoms with Gasteiger partial charge in [0.2, 0.25) is 5.76 Å². The maximum absolute atomic E-state index is 12.3. The van der Waals surface area contributed by atoms with Gasteiger partial charge in [0, 0.05) is 32.2 Å². The number of aryl methyl sites for hydroxylation is 1. The topological polar surface area (TPSA) is 62.5 Å². The first-order valence-electron chi connectivity index (χ1n) is 8.09. The smallest absolute Gasteiger partial charge is 0.292 e. The number of anilines is 1. The van der Waals surface area contributed by atoms with Gasteiger partial charge in [-0.15, -0.1) is 0 Å². The summed E-state index contributed by atoms with van der Waals surface area (Å²) in [6.07, 6.45) is 2.48. The minimum absolute atomic E-state index is 0.0929. The van der Waals surface area contributed by atoms with Gasteiger partial charge in [0.25, 0.3) is 5.91 Å². The van der Waals surface area contributed by atoms with Crippen LogP contribution in [0.2, 0.25) is 0 Å². The van der Waals surface area contributed by atoms with Gasteiger partial charge in [0.15, 0.2) is 5.13 Å². The van der Waals surface area contributed by atoms with Crippen LogP contribution in [-0.2, 0) is 6.42 Å². The van der Waals surface area contributed by atoms with Gasteiger partial charge in [-0.3, -0.25) is 4.79 Å². The fraction of sp³-hybridized carbons (Fsp3) is 0.353. The lowest BCUT2D eigenvalue weighted by Crippen LogP contribution is -2.48. The third-order valence-corrected chi connectivity index (χ3v) is 5.44. The molecular formula is C17H18N4O2S. The normalized spacial score (nSPS) is 15.2. The van der Waals surface area contributed by atoms with E-state index >= 15 is 0 Å². The fourth-order valence-corrected chi connectivity index (χ4v) is 4.06.